The predicted octanol–water partition coefficient (Wildman–Crippen LogP) is 7.11. The predicted molar refractivity (Wildman–Crippen MR) is 186 cm³/mol. The van der Waals surface area contributed by atoms with E-state index in [2.05, 4.69) is 46.0 Å². The summed E-state index contributed by atoms with van der Waals surface area (Å²) in [4.78, 5) is 27.3. The maximum Gasteiger partial charge on any atom is 0.251 e. The number of ketones is 1. The van der Waals surface area contributed by atoms with Crippen LogP contribution in [0.2, 0.25) is 0 Å². The lowest BCUT2D eigenvalue weighted by Gasteiger charge is -2.54. The molecule has 0 bridgehead atoms. The monoisotopic (exact) mass is 679 g/mol. The first kappa shape index (κ1) is 35.9. The Labute approximate surface area is 292 Å². The molecule has 1 aromatic rings. The van der Waals surface area contributed by atoms with Crippen molar-refractivity contribution in [3.05, 3.63) is 46.7 Å². The highest BCUT2D eigenvalue weighted by Crippen LogP contribution is 2.55. The summed E-state index contributed by atoms with van der Waals surface area (Å²) in [6, 6.07) is 4.92. The van der Waals surface area contributed by atoms with Crippen LogP contribution in [-0.4, -0.2) is 62.2 Å². The van der Waals surface area contributed by atoms with Gasteiger partial charge in [0.15, 0.2) is 11.6 Å². The molecule has 1 aromatic carbocycles. The Balaban J connectivity index is 1.32. The molecule has 2 aliphatic carbocycles. The lowest BCUT2D eigenvalue weighted by molar-refractivity contribution is -0.356. The molecule has 1 saturated carbocycles. The van der Waals surface area contributed by atoms with Crippen molar-refractivity contribution in [3.8, 4) is 11.5 Å². The van der Waals surface area contributed by atoms with Gasteiger partial charge >= 0.3 is 0 Å². The molecule has 9 heteroatoms. The SMILES string of the molecule is COc1cc(OC)cc(C2OC3(CCC2C)OC(CC2C(C)=CC4CCC(OC)C(C)C4C2C(=O)C2NC(=O)C(C)=C2O)C(C)CC3C)c1. The van der Waals surface area contributed by atoms with E-state index in [-0.39, 0.29) is 82.8 Å². The summed E-state index contributed by atoms with van der Waals surface area (Å²) < 4.78 is 31.5. The molecule has 270 valence electrons. The molecule has 1 amide bonds. The number of carbonyl (C=O) groups excluding carboxylic acids is 2. The van der Waals surface area contributed by atoms with E-state index < -0.39 is 17.7 Å². The van der Waals surface area contributed by atoms with Gasteiger partial charge < -0.3 is 34.1 Å². The minimum Gasteiger partial charge on any atom is -0.509 e. The number of hydrogen-bond donors (Lipinski definition) is 2. The molecule has 0 radical (unpaired) electrons. The maximum atomic E-state index is 14.7. The fourth-order valence-electron chi connectivity index (χ4n) is 10.1. The number of aliphatic hydroxyl groups is 1. The van der Waals surface area contributed by atoms with Gasteiger partial charge in [0.1, 0.15) is 23.3 Å². The van der Waals surface area contributed by atoms with Gasteiger partial charge in [0.25, 0.3) is 5.91 Å². The van der Waals surface area contributed by atoms with E-state index in [1.807, 2.05) is 18.2 Å². The Morgan fingerprint density at radius 1 is 0.980 bits per heavy atom. The van der Waals surface area contributed by atoms with Crippen LogP contribution in [0.25, 0.3) is 0 Å². The molecule has 3 fully saturated rings. The number of hydrogen-bond acceptors (Lipinski definition) is 8. The van der Waals surface area contributed by atoms with Gasteiger partial charge in [0.2, 0.25) is 0 Å². The minimum absolute atomic E-state index is 0.0245. The van der Waals surface area contributed by atoms with Crippen LogP contribution in [-0.2, 0) is 23.8 Å². The number of methoxy groups -OCH3 is 3. The molecular weight excluding hydrogens is 622 g/mol. The van der Waals surface area contributed by atoms with Crippen LogP contribution in [0.1, 0.15) is 91.7 Å². The third kappa shape index (κ3) is 6.44. The number of allylic oxidation sites excluding steroid dienone is 2. The molecule has 5 aliphatic rings. The second-order valence-corrected chi connectivity index (χ2v) is 15.8. The van der Waals surface area contributed by atoms with Gasteiger partial charge in [-0.25, -0.2) is 0 Å². The van der Waals surface area contributed by atoms with Gasteiger partial charge in [-0.05, 0) is 99.2 Å². The molecule has 3 heterocycles. The largest absolute Gasteiger partial charge is 0.509 e. The topological polar surface area (TPSA) is 113 Å². The molecule has 3 aliphatic heterocycles. The zero-order chi connectivity index (χ0) is 35.4. The van der Waals surface area contributed by atoms with E-state index in [4.69, 9.17) is 23.7 Å². The van der Waals surface area contributed by atoms with Crippen molar-refractivity contribution in [3.63, 3.8) is 0 Å². The van der Waals surface area contributed by atoms with Crippen molar-refractivity contribution in [2.24, 2.45) is 47.3 Å². The van der Waals surface area contributed by atoms with Gasteiger partial charge in [-0.3, -0.25) is 9.59 Å². The Morgan fingerprint density at radius 3 is 2.29 bits per heavy atom. The molecule has 2 saturated heterocycles. The third-order valence-corrected chi connectivity index (χ3v) is 13.0. The van der Waals surface area contributed by atoms with Crippen LogP contribution >= 0.6 is 0 Å². The van der Waals surface area contributed by atoms with Crippen molar-refractivity contribution in [1.29, 1.82) is 0 Å². The molecule has 49 heavy (non-hydrogen) atoms. The maximum absolute atomic E-state index is 14.7. The van der Waals surface area contributed by atoms with Crippen LogP contribution in [0, 0.1) is 47.3 Å². The first-order chi connectivity index (χ1) is 23.3. The third-order valence-electron chi connectivity index (χ3n) is 13.0. The average molecular weight is 680 g/mol. The van der Waals surface area contributed by atoms with Gasteiger partial charge in [0, 0.05) is 31.4 Å². The molecule has 0 aromatic heterocycles. The summed E-state index contributed by atoms with van der Waals surface area (Å²) in [5, 5.41) is 13.8. The van der Waals surface area contributed by atoms with Crippen LogP contribution < -0.4 is 14.8 Å². The van der Waals surface area contributed by atoms with Crippen molar-refractivity contribution in [2.45, 2.75) is 110 Å². The standard InChI is InChI=1S/C40H57NO8/c1-20-12-13-40(49-38(20)27-16-28(45-7)18-29(17-27)46-8)23(4)14-22(3)32(48-40)19-30-21(2)15-26-10-11-31(47-9)24(5)33(26)34(30)37(43)35-36(42)25(6)39(44)41-35/h15-18,20,22-24,26,30-35,38,42H,10-14,19H2,1-9H3,(H,41,44). The number of ether oxygens (including phenoxy) is 5. The summed E-state index contributed by atoms with van der Waals surface area (Å²) in [6.45, 7) is 12.7. The summed E-state index contributed by atoms with van der Waals surface area (Å²) >= 11 is 0. The van der Waals surface area contributed by atoms with E-state index in [0.717, 1.165) is 49.2 Å². The molecule has 2 N–H and O–H groups in total. The summed E-state index contributed by atoms with van der Waals surface area (Å²) in [5.41, 5.74) is 2.42. The summed E-state index contributed by atoms with van der Waals surface area (Å²) in [6.07, 6.45) is 7.33. The number of rotatable bonds is 8. The Morgan fingerprint density at radius 2 is 1.67 bits per heavy atom. The zero-order valence-corrected chi connectivity index (χ0v) is 30.8. The second-order valence-electron chi connectivity index (χ2n) is 15.8. The number of benzene rings is 1. The molecule has 13 atom stereocenters. The highest BCUT2D eigenvalue weighted by atomic mass is 16.7. The van der Waals surface area contributed by atoms with Crippen LogP contribution in [0.15, 0.2) is 41.2 Å². The first-order valence-electron chi connectivity index (χ1n) is 18.4. The second kappa shape index (κ2) is 14.0. The molecule has 1 spiro atoms. The van der Waals surface area contributed by atoms with E-state index >= 15 is 0 Å². The summed E-state index contributed by atoms with van der Waals surface area (Å²) in [5.74, 6) is 0.600. The Bertz CT molecular complexity index is 1460. The lowest BCUT2D eigenvalue weighted by Crippen LogP contribution is -2.56. The van der Waals surface area contributed by atoms with E-state index in [1.165, 1.54) is 5.57 Å². The quantitative estimate of drug-likeness (QED) is 0.280. The molecule has 6 rings (SSSR count). The lowest BCUT2D eigenvalue weighted by atomic mass is 9.55. The first-order valence-corrected chi connectivity index (χ1v) is 18.4. The average Bonchev–Trinajstić information content (AvgIpc) is 3.35. The molecule has 9 nitrogen and oxygen atoms in total. The highest BCUT2D eigenvalue weighted by Gasteiger charge is 2.55. The van der Waals surface area contributed by atoms with E-state index in [9.17, 15) is 14.7 Å². The number of aliphatic hydroxyl groups excluding tert-OH is 1. The van der Waals surface area contributed by atoms with E-state index in [0.29, 0.717) is 6.42 Å². The van der Waals surface area contributed by atoms with Crippen LogP contribution in [0.4, 0.5) is 0 Å². The fraction of sp³-hybridized carbons (Fsp3) is 0.700. The van der Waals surface area contributed by atoms with Crippen molar-refractivity contribution < 1.29 is 38.4 Å². The zero-order valence-electron chi connectivity index (χ0n) is 30.8. The van der Waals surface area contributed by atoms with Gasteiger partial charge in [-0.15, -0.1) is 0 Å². The van der Waals surface area contributed by atoms with Crippen molar-refractivity contribution >= 4 is 11.7 Å². The highest BCUT2D eigenvalue weighted by molar-refractivity contribution is 6.04. The fourth-order valence-corrected chi connectivity index (χ4v) is 10.1. The van der Waals surface area contributed by atoms with E-state index in [1.54, 1.807) is 28.3 Å². The van der Waals surface area contributed by atoms with Crippen LogP contribution in [0.5, 0.6) is 11.5 Å². The van der Waals surface area contributed by atoms with Gasteiger partial charge in [0.05, 0.1) is 38.1 Å². The number of nitrogens with one attached hydrogen (secondary N) is 1. The van der Waals surface area contributed by atoms with Gasteiger partial charge in [-0.1, -0.05) is 39.3 Å². The number of Topliss-reactive ketones (excluding diaryl/α,β-unsaturated/α-hetero) is 1. The molecular formula is C40H57NO8. The number of fused-ring (bicyclic) bond motifs is 1. The number of carbonyl (C=O) groups is 2. The van der Waals surface area contributed by atoms with Gasteiger partial charge in [-0.2, -0.15) is 0 Å². The van der Waals surface area contributed by atoms with Crippen LogP contribution in [0.3, 0.4) is 0 Å². The summed E-state index contributed by atoms with van der Waals surface area (Å²) in [7, 11) is 5.08. The normalized spacial score (nSPS) is 40.8. The molecule has 13 unspecified atom stereocenters. The number of amides is 1. The Hall–Kier alpha value is -2.88. The van der Waals surface area contributed by atoms with Crippen molar-refractivity contribution in [2.75, 3.05) is 21.3 Å². The smallest absolute Gasteiger partial charge is 0.251 e. The minimum atomic E-state index is -1.03. The van der Waals surface area contributed by atoms with Crippen molar-refractivity contribution in [1.82, 2.24) is 5.32 Å². The Kier molecular flexibility index (Phi) is 10.3.